The summed E-state index contributed by atoms with van der Waals surface area (Å²) < 4.78 is 62.1. The second-order valence-electron chi connectivity index (χ2n) is 8.79. The van der Waals surface area contributed by atoms with Crippen molar-refractivity contribution in [3.05, 3.63) is 118 Å². The fraction of sp³-hybridized carbons (Fsp3) is 0.138. The van der Waals surface area contributed by atoms with Gasteiger partial charge in [-0.3, -0.25) is 19.3 Å². The Morgan fingerprint density at radius 2 is 1.85 bits per heavy atom. The van der Waals surface area contributed by atoms with Crippen LogP contribution in [0.25, 0.3) is 0 Å². The van der Waals surface area contributed by atoms with Gasteiger partial charge in [-0.15, -0.1) is 0 Å². The first-order valence-corrected chi connectivity index (χ1v) is 13.2. The minimum absolute atomic E-state index is 0.0982. The third-order valence-electron chi connectivity index (χ3n) is 5.69. The fourth-order valence-electron chi connectivity index (χ4n) is 3.72. The van der Waals surface area contributed by atoms with Crippen LogP contribution >= 0.6 is 23.5 Å². The topological polar surface area (TPSA) is 80.3 Å². The average molecular weight is 604 g/mol. The number of hydrogen-bond acceptors (Lipinski definition) is 6. The van der Waals surface area contributed by atoms with Crippen LogP contribution in [0.15, 0.2) is 84.0 Å². The Hall–Kier alpha value is -3.93. The summed E-state index contributed by atoms with van der Waals surface area (Å²) >= 11 is 7.42. The van der Waals surface area contributed by atoms with Gasteiger partial charge in [-0.1, -0.05) is 17.7 Å². The number of ether oxygens (including phenoxy) is 1. The van der Waals surface area contributed by atoms with Crippen LogP contribution in [0.4, 0.5) is 23.2 Å². The highest BCUT2D eigenvalue weighted by molar-refractivity contribution is 7.97. The van der Waals surface area contributed by atoms with Gasteiger partial charge in [-0.05, 0) is 90.7 Å². The first-order chi connectivity index (χ1) is 19.5. The van der Waals surface area contributed by atoms with Crippen LogP contribution in [0.3, 0.4) is 0 Å². The maximum atomic E-state index is 13.9. The van der Waals surface area contributed by atoms with E-state index in [1.165, 1.54) is 30.1 Å². The Morgan fingerprint density at radius 1 is 1.05 bits per heavy atom. The van der Waals surface area contributed by atoms with E-state index in [9.17, 15) is 27.2 Å². The molecule has 3 aromatic carbocycles. The largest absolute Gasteiger partial charge is 0.483 e. The lowest BCUT2D eigenvalue weighted by Crippen LogP contribution is -2.21. The number of nitrogens with one attached hydrogen (secondary N) is 2. The highest BCUT2D eigenvalue weighted by atomic mass is 35.5. The maximum absolute atomic E-state index is 13.9. The summed E-state index contributed by atoms with van der Waals surface area (Å²) in [5, 5.41) is 2.82. The monoisotopic (exact) mass is 603 g/mol. The maximum Gasteiger partial charge on any atom is 0.416 e. The third-order valence-corrected chi connectivity index (χ3v) is 6.71. The van der Waals surface area contributed by atoms with E-state index in [1.807, 2.05) is 31.2 Å². The minimum Gasteiger partial charge on any atom is -0.483 e. The van der Waals surface area contributed by atoms with E-state index in [1.54, 1.807) is 18.5 Å². The zero-order chi connectivity index (χ0) is 29.6. The number of pyridine rings is 1. The number of aryl methyl sites for hydroxylation is 1. The number of nitrogens with zero attached hydrogens (tertiary/aromatic N) is 1. The number of halogens is 5. The molecule has 0 aliphatic rings. The molecular formula is C29H22ClF4N3O3S. The molecule has 4 aromatic rings. The summed E-state index contributed by atoms with van der Waals surface area (Å²) in [6, 6.07) is 14.7. The summed E-state index contributed by atoms with van der Waals surface area (Å²) in [5.74, 6) is -2.82. The van der Waals surface area contributed by atoms with Crippen LogP contribution in [-0.2, 0) is 17.5 Å². The molecule has 0 aliphatic carbocycles. The molecule has 1 aromatic heterocycles. The summed E-state index contributed by atoms with van der Waals surface area (Å²) in [6.07, 6.45) is -1.38. The second-order valence-corrected chi connectivity index (χ2v) is 10.2. The van der Waals surface area contributed by atoms with E-state index in [0.29, 0.717) is 30.4 Å². The standard InChI is InChI=1S/C29H22ClF4N3O3S/c1-17-9-23(41-36-15-18-3-2-8-35-14-18)5-6-25(17)37-27(38)16-40-26-7-4-21(30)13-24(26)28(39)19-10-20(29(32,33)34)12-22(31)11-19/h2-14,36H,15-16H2,1H3,(H,37,38). The number of amides is 1. The van der Waals surface area contributed by atoms with E-state index in [4.69, 9.17) is 16.3 Å². The van der Waals surface area contributed by atoms with Gasteiger partial charge in [0.2, 0.25) is 0 Å². The van der Waals surface area contributed by atoms with Gasteiger partial charge in [-0.25, -0.2) is 4.39 Å². The molecule has 12 heteroatoms. The number of anilines is 1. The molecule has 41 heavy (non-hydrogen) atoms. The summed E-state index contributed by atoms with van der Waals surface area (Å²) in [5.41, 5.74) is 0.294. The first kappa shape index (κ1) is 30.0. The molecule has 0 radical (unpaired) electrons. The van der Waals surface area contributed by atoms with Gasteiger partial charge in [0, 0.05) is 40.1 Å². The van der Waals surface area contributed by atoms with Crippen molar-refractivity contribution in [2.45, 2.75) is 24.5 Å². The van der Waals surface area contributed by atoms with Crippen molar-refractivity contribution in [1.29, 1.82) is 0 Å². The quantitative estimate of drug-likeness (QED) is 0.113. The molecule has 1 heterocycles. The van der Waals surface area contributed by atoms with Gasteiger partial charge < -0.3 is 10.1 Å². The SMILES string of the molecule is Cc1cc(SNCc2cccnc2)ccc1NC(=O)COc1ccc(Cl)cc1C(=O)c1cc(F)cc(C(F)(F)F)c1. The minimum atomic E-state index is -4.85. The molecule has 0 fully saturated rings. The highest BCUT2D eigenvalue weighted by Crippen LogP contribution is 2.32. The van der Waals surface area contributed by atoms with Crippen molar-refractivity contribution in [2.75, 3.05) is 11.9 Å². The van der Waals surface area contributed by atoms with Crippen molar-refractivity contribution in [3.8, 4) is 5.75 Å². The van der Waals surface area contributed by atoms with Crippen LogP contribution in [0, 0.1) is 12.7 Å². The predicted molar refractivity (Wildman–Crippen MR) is 149 cm³/mol. The van der Waals surface area contributed by atoms with E-state index in [2.05, 4.69) is 15.0 Å². The Morgan fingerprint density at radius 3 is 2.56 bits per heavy atom. The van der Waals surface area contributed by atoms with E-state index >= 15 is 0 Å². The smallest absolute Gasteiger partial charge is 0.416 e. The molecule has 0 saturated carbocycles. The number of ketones is 1. The molecule has 2 N–H and O–H groups in total. The zero-order valence-corrected chi connectivity index (χ0v) is 23.0. The Bertz CT molecular complexity index is 1570. The number of alkyl halides is 3. The van der Waals surface area contributed by atoms with E-state index in [-0.39, 0.29) is 16.3 Å². The lowest BCUT2D eigenvalue weighted by atomic mass is 10.00. The van der Waals surface area contributed by atoms with E-state index in [0.717, 1.165) is 16.0 Å². The third kappa shape index (κ3) is 8.29. The van der Waals surface area contributed by atoms with Crippen LogP contribution in [0.2, 0.25) is 5.02 Å². The molecule has 0 aliphatic heterocycles. The van der Waals surface area contributed by atoms with Gasteiger partial charge in [-0.2, -0.15) is 13.2 Å². The van der Waals surface area contributed by atoms with Gasteiger partial charge in [0.25, 0.3) is 5.91 Å². The molecule has 212 valence electrons. The number of carbonyl (C=O) groups is 2. The molecular weight excluding hydrogens is 582 g/mol. The van der Waals surface area contributed by atoms with Crippen LogP contribution in [0.1, 0.15) is 32.6 Å². The normalized spacial score (nSPS) is 11.3. The molecule has 0 spiro atoms. The number of rotatable bonds is 10. The second kappa shape index (κ2) is 13.2. The Labute approximate surface area is 242 Å². The number of benzene rings is 3. The van der Waals surface area contributed by atoms with Crippen molar-refractivity contribution in [1.82, 2.24) is 9.71 Å². The highest BCUT2D eigenvalue weighted by Gasteiger charge is 2.32. The Balaban J connectivity index is 1.40. The summed E-state index contributed by atoms with van der Waals surface area (Å²) in [6.45, 7) is 1.93. The van der Waals surface area contributed by atoms with E-state index < -0.39 is 41.4 Å². The van der Waals surface area contributed by atoms with Gasteiger partial charge >= 0.3 is 6.18 Å². The zero-order valence-electron chi connectivity index (χ0n) is 21.4. The van der Waals surface area contributed by atoms with Crippen LogP contribution in [-0.4, -0.2) is 23.3 Å². The van der Waals surface area contributed by atoms with Crippen LogP contribution < -0.4 is 14.8 Å². The van der Waals surface area contributed by atoms with Crippen molar-refractivity contribution in [2.24, 2.45) is 0 Å². The van der Waals surface area contributed by atoms with Crippen LogP contribution in [0.5, 0.6) is 5.75 Å². The molecule has 6 nitrogen and oxygen atoms in total. The molecule has 0 bridgehead atoms. The van der Waals surface area contributed by atoms with Gasteiger partial charge in [0.15, 0.2) is 12.4 Å². The predicted octanol–water partition coefficient (Wildman–Crippen LogP) is 7.25. The lowest BCUT2D eigenvalue weighted by Gasteiger charge is -2.14. The van der Waals surface area contributed by atoms with Gasteiger partial charge in [0.1, 0.15) is 11.6 Å². The number of aromatic nitrogens is 1. The summed E-state index contributed by atoms with van der Waals surface area (Å²) in [4.78, 5) is 30.7. The molecule has 4 rings (SSSR count). The molecule has 1 amide bonds. The van der Waals surface area contributed by atoms with Crippen molar-refractivity contribution >= 4 is 40.9 Å². The number of hydrogen-bond donors (Lipinski definition) is 2. The van der Waals surface area contributed by atoms with Crippen molar-refractivity contribution < 1.29 is 31.9 Å². The molecule has 0 saturated heterocycles. The molecule has 0 unspecified atom stereocenters. The number of carbonyl (C=O) groups excluding carboxylic acids is 2. The first-order valence-electron chi connectivity index (χ1n) is 12.0. The lowest BCUT2D eigenvalue weighted by molar-refractivity contribution is -0.137. The fourth-order valence-corrected chi connectivity index (χ4v) is 4.67. The average Bonchev–Trinajstić information content (AvgIpc) is 2.93. The van der Waals surface area contributed by atoms with Crippen molar-refractivity contribution in [3.63, 3.8) is 0 Å². The van der Waals surface area contributed by atoms with Gasteiger partial charge in [0.05, 0.1) is 11.1 Å². The molecule has 0 atom stereocenters. The summed E-state index contributed by atoms with van der Waals surface area (Å²) in [7, 11) is 0. The Kier molecular flexibility index (Phi) is 9.64.